The number of piperazine rings is 1. The van der Waals surface area contributed by atoms with Crippen molar-refractivity contribution in [2.75, 3.05) is 56.9 Å². The van der Waals surface area contributed by atoms with Crippen LogP contribution in [0.3, 0.4) is 0 Å². The number of likely N-dealkylation sites (N-methyl/N-ethyl adjacent to an activating group) is 1. The first kappa shape index (κ1) is 25.9. The summed E-state index contributed by atoms with van der Waals surface area (Å²) in [6, 6.07) is 6.77. The number of halogens is 2. The van der Waals surface area contributed by atoms with Crippen molar-refractivity contribution in [2.45, 2.75) is 26.8 Å². The smallest absolute Gasteiger partial charge is 0.229 e. The molecule has 1 aliphatic rings. The van der Waals surface area contributed by atoms with E-state index in [4.69, 9.17) is 0 Å². The minimum absolute atomic E-state index is 0.000322. The lowest BCUT2D eigenvalue weighted by Gasteiger charge is -2.32. The number of hydrogen-bond acceptors (Lipinski definition) is 8. The van der Waals surface area contributed by atoms with E-state index in [1.54, 1.807) is 18.3 Å². The summed E-state index contributed by atoms with van der Waals surface area (Å²) in [5.74, 6) is 0.209. The number of imidazole rings is 1. The second-order valence-electron chi connectivity index (χ2n) is 9.97. The van der Waals surface area contributed by atoms with E-state index in [0.29, 0.717) is 22.7 Å². The third kappa shape index (κ3) is 5.58. The topological polar surface area (TPSA) is 87.0 Å². The normalized spacial score (nSPS) is 14.9. The highest BCUT2D eigenvalue weighted by Crippen LogP contribution is 2.30. The van der Waals surface area contributed by atoms with E-state index in [1.807, 2.05) is 31.4 Å². The summed E-state index contributed by atoms with van der Waals surface area (Å²) in [7, 11) is 2.15. The number of nitrogens with one attached hydrogen (secondary N) is 2. The highest BCUT2D eigenvalue weighted by Gasteiger charge is 2.18. The van der Waals surface area contributed by atoms with Gasteiger partial charge in [-0.25, -0.2) is 28.7 Å². The molecular weight excluding hydrogens is 488 g/mol. The largest absolute Gasteiger partial charge is 0.383 e. The molecule has 0 amide bonds. The summed E-state index contributed by atoms with van der Waals surface area (Å²) in [5, 5.41) is 6.41. The minimum Gasteiger partial charge on any atom is -0.383 e. The van der Waals surface area contributed by atoms with Crippen LogP contribution in [0.5, 0.6) is 0 Å². The summed E-state index contributed by atoms with van der Waals surface area (Å²) >= 11 is 0. The van der Waals surface area contributed by atoms with Gasteiger partial charge in [0.2, 0.25) is 5.95 Å². The molecule has 4 aromatic rings. The summed E-state index contributed by atoms with van der Waals surface area (Å²) < 4.78 is 31.6. The molecule has 0 atom stereocenters. The van der Waals surface area contributed by atoms with Crippen LogP contribution in [0.15, 0.2) is 36.7 Å². The second kappa shape index (κ2) is 11.0. The number of benzene rings is 1. The van der Waals surface area contributed by atoms with Crippen molar-refractivity contribution in [1.82, 2.24) is 34.3 Å². The molecule has 2 N–H and O–H groups in total. The summed E-state index contributed by atoms with van der Waals surface area (Å²) in [6.07, 6.45) is 2.81. The molecule has 0 radical (unpaired) electrons. The van der Waals surface area contributed by atoms with E-state index in [9.17, 15) is 8.78 Å². The maximum Gasteiger partial charge on any atom is 0.229 e. The summed E-state index contributed by atoms with van der Waals surface area (Å²) in [5.41, 5.74) is 2.07. The molecule has 5 rings (SSSR count). The maximum atomic E-state index is 14.9. The lowest BCUT2D eigenvalue weighted by atomic mass is 10.1. The van der Waals surface area contributed by atoms with Gasteiger partial charge in [0.05, 0.1) is 23.6 Å². The predicted molar refractivity (Wildman–Crippen MR) is 146 cm³/mol. The van der Waals surface area contributed by atoms with Crippen LogP contribution in [0.4, 0.5) is 26.2 Å². The Morgan fingerprint density at radius 1 is 0.974 bits per heavy atom. The highest BCUT2D eigenvalue weighted by atomic mass is 19.1. The molecule has 1 aliphatic heterocycles. The van der Waals surface area contributed by atoms with Gasteiger partial charge in [0, 0.05) is 50.9 Å². The monoisotopic (exact) mass is 521 g/mol. The van der Waals surface area contributed by atoms with Gasteiger partial charge in [0.25, 0.3) is 0 Å². The number of fused-ring (bicyclic) bond motifs is 1. The average Bonchev–Trinajstić information content (AvgIpc) is 3.24. The van der Waals surface area contributed by atoms with Gasteiger partial charge in [-0.1, -0.05) is 0 Å². The van der Waals surface area contributed by atoms with Crippen molar-refractivity contribution < 1.29 is 8.78 Å². The quantitative estimate of drug-likeness (QED) is 0.352. The SMILES string of the molecule is Cc1nc2c(F)cc(-c3nc(Nc4ccc(NCCN5CCN(C)CC5)cn4)ncc3F)cc2n1C(C)C. The van der Waals surface area contributed by atoms with Crippen LogP contribution in [-0.2, 0) is 0 Å². The third-order valence-corrected chi connectivity index (χ3v) is 6.82. The Hall–Kier alpha value is -3.70. The van der Waals surface area contributed by atoms with Gasteiger partial charge in [0.1, 0.15) is 22.9 Å². The van der Waals surface area contributed by atoms with Crippen LogP contribution in [0.2, 0.25) is 0 Å². The number of nitrogens with zero attached hydrogens (tertiary/aromatic N) is 7. The Morgan fingerprint density at radius 2 is 1.76 bits per heavy atom. The summed E-state index contributed by atoms with van der Waals surface area (Å²) in [6.45, 7) is 12.0. The number of rotatable bonds is 8. The first-order chi connectivity index (χ1) is 18.3. The molecule has 38 heavy (non-hydrogen) atoms. The van der Waals surface area contributed by atoms with Crippen molar-refractivity contribution in [3.05, 3.63) is 54.1 Å². The van der Waals surface area contributed by atoms with E-state index in [-0.39, 0.29) is 23.2 Å². The Labute approximate surface area is 220 Å². The van der Waals surface area contributed by atoms with Gasteiger partial charge in [-0.2, -0.15) is 0 Å². The Balaban J connectivity index is 1.29. The molecule has 200 valence electrons. The number of anilines is 3. The highest BCUT2D eigenvalue weighted by molar-refractivity contribution is 5.83. The van der Waals surface area contributed by atoms with Gasteiger partial charge in [-0.15, -0.1) is 0 Å². The third-order valence-electron chi connectivity index (χ3n) is 6.82. The zero-order valence-electron chi connectivity index (χ0n) is 22.2. The van der Waals surface area contributed by atoms with Crippen LogP contribution in [0.1, 0.15) is 25.7 Å². The van der Waals surface area contributed by atoms with Gasteiger partial charge in [0.15, 0.2) is 11.6 Å². The first-order valence-electron chi connectivity index (χ1n) is 12.9. The molecule has 1 saturated heterocycles. The Bertz CT molecular complexity index is 1410. The van der Waals surface area contributed by atoms with Crippen molar-refractivity contribution >= 4 is 28.5 Å². The average molecular weight is 522 g/mol. The Kier molecular flexibility index (Phi) is 7.48. The second-order valence-corrected chi connectivity index (χ2v) is 9.97. The number of hydrogen-bond donors (Lipinski definition) is 2. The molecule has 1 fully saturated rings. The first-order valence-corrected chi connectivity index (χ1v) is 12.9. The number of pyridine rings is 1. The van der Waals surface area contributed by atoms with Crippen LogP contribution < -0.4 is 10.6 Å². The van der Waals surface area contributed by atoms with Crippen molar-refractivity contribution in [2.24, 2.45) is 0 Å². The van der Waals surface area contributed by atoms with Gasteiger partial charge >= 0.3 is 0 Å². The zero-order chi connectivity index (χ0) is 26.8. The summed E-state index contributed by atoms with van der Waals surface area (Å²) in [4.78, 5) is 21.9. The van der Waals surface area contributed by atoms with Crippen LogP contribution >= 0.6 is 0 Å². The zero-order valence-corrected chi connectivity index (χ0v) is 22.2. The number of aromatic nitrogens is 5. The van der Waals surface area contributed by atoms with Crippen molar-refractivity contribution in [3.8, 4) is 11.3 Å². The van der Waals surface area contributed by atoms with E-state index in [1.165, 1.54) is 6.07 Å². The van der Waals surface area contributed by atoms with Crippen LogP contribution in [-0.4, -0.2) is 80.6 Å². The molecule has 0 aliphatic carbocycles. The molecular formula is C27H33F2N9. The molecule has 4 heterocycles. The molecule has 11 heteroatoms. The van der Waals surface area contributed by atoms with Crippen LogP contribution in [0, 0.1) is 18.6 Å². The fourth-order valence-electron chi connectivity index (χ4n) is 4.80. The fourth-order valence-corrected chi connectivity index (χ4v) is 4.80. The number of aryl methyl sites for hydroxylation is 1. The van der Waals surface area contributed by atoms with Gasteiger partial charge < -0.3 is 20.1 Å². The fraction of sp³-hybridized carbons (Fsp3) is 0.407. The molecule has 0 saturated carbocycles. The van der Waals surface area contributed by atoms with E-state index < -0.39 is 11.6 Å². The Morgan fingerprint density at radius 3 is 2.47 bits per heavy atom. The predicted octanol–water partition coefficient (Wildman–Crippen LogP) is 4.46. The molecule has 3 aromatic heterocycles. The van der Waals surface area contributed by atoms with E-state index in [0.717, 1.165) is 51.2 Å². The van der Waals surface area contributed by atoms with Crippen molar-refractivity contribution in [3.63, 3.8) is 0 Å². The lowest BCUT2D eigenvalue weighted by Crippen LogP contribution is -2.45. The standard InChI is InChI=1S/C27H33F2N9/c1-17(2)38-18(3)33-26-21(28)13-19(14-23(26)38)25-22(29)16-32-27(35-25)34-24-6-5-20(15-31-24)30-7-8-37-11-9-36(4)10-12-37/h5-6,13-17,30H,7-12H2,1-4H3,(H,31,32,34,35). The van der Waals surface area contributed by atoms with E-state index in [2.05, 4.69) is 47.4 Å². The molecule has 0 bridgehead atoms. The molecule has 9 nitrogen and oxygen atoms in total. The maximum absolute atomic E-state index is 14.9. The minimum atomic E-state index is -0.644. The van der Waals surface area contributed by atoms with E-state index >= 15 is 0 Å². The van der Waals surface area contributed by atoms with Crippen LogP contribution in [0.25, 0.3) is 22.3 Å². The molecule has 0 unspecified atom stereocenters. The van der Waals surface area contributed by atoms with Gasteiger partial charge in [-0.05, 0) is 52.1 Å². The lowest BCUT2D eigenvalue weighted by molar-refractivity contribution is 0.158. The van der Waals surface area contributed by atoms with Gasteiger partial charge in [-0.3, -0.25) is 4.90 Å². The molecule has 1 aromatic carbocycles. The van der Waals surface area contributed by atoms with Crippen molar-refractivity contribution in [1.29, 1.82) is 0 Å². The molecule has 0 spiro atoms.